The Labute approximate surface area is 131 Å². The fraction of sp³-hybridized carbons (Fsp3) is 0.231. The van der Waals surface area contributed by atoms with Gasteiger partial charge in [-0.15, -0.1) is 0 Å². The molecule has 0 radical (unpaired) electrons. The van der Waals surface area contributed by atoms with Gasteiger partial charge in [0, 0.05) is 16.5 Å². The van der Waals surface area contributed by atoms with Gasteiger partial charge in [0.15, 0.2) is 0 Å². The van der Waals surface area contributed by atoms with Gasteiger partial charge in [-0.3, -0.25) is 0 Å². The van der Waals surface area contributed by atoms with Crippen LogP contribution in [0.3, 0.4) is 0 Å². The predicted molar refractivity (Wildman–Crippen MR) is 86.4 cm³/mol. The zero-order valence-electron chi connectivity index (χ0n) is 11.1. The summed E-state index contributed by atoms with van der Waals surface area (Å²) in [6.07, 6.45) is 0. The Bertz CT molecular complexity index is 618. The summed E-state index contributed by atoms with van der Waals surface area (Å²) in [5.74, 6) is 7.53. The number of hydrogen-bond acceptors (Lipinski definition) is 5. The fourth-order valence-corrected chi connectivity index (χ4v) is 2.31. The zero-order valence-corrected chi connectivity index (χ0v) is 13.5. The molecule has 2 aromatic rings. The average Bonchev–Trinajstić information content (AvgIpc) is 2.41. The van der Waals surface area contributed by atoms with Crippen molar-refractivity contribution in [1.82, 2.24) is 9.97 Å². The Kier molecular flexibility index (Phi) is 4.80. The van der Waals surface area contributed by atoms with E-state index in [1.165, 1.54) is 0 Å². The van der Waals surface area contributed by atoms with Gasteiger partial charge in [-0.25, -0.2) is 15.8 Å². The summed E-state index contributed by atoms with van der Waals surface area (Å²) < 4.78 is 0.919. The van der Waals surface area contributed by atoms with Crippen LogP contribution in [0, 0.1) is 0 Å². The summed E-state index contributed by atoms with van der Waals surface area (Å²) in [7, 11) is 0. The van der Waals surface area contributed by atoms with Crippen LogP contribution in [0.4, 0.5) is 17.3 Å². The highest BCUT2D eigenvalue weighted by molar-refractivity contribution is 9.10. The van der Waals surface area contributed by atoms with Crippen molar-refractivity contribution in [2.75, 3.05) is 10.7 Å². The van der Waals surface area contributed by atoms with Crippen molar-refractivity contribution < 1.29 is 0 Å². The Balaban J connectivity index is 2.34. The molecule has 1 aromatic heterocycles. The minimum absolute atomic E-state index is 0.198. The molecule has 0 spiro atoms. The van der Waals surface area contributed by atoms with Crippen LogP contribution in [-0.2, 0) is 0 Å². The van der Waals surface area contributed by atoms with Gasteiger partial charge < -0.3 is 10.7 Å². The molecule has 0 saturated heterocycles. The predicted octanol–water partition coefficient (Wildman–Crippen LogP) is 4.05. The molecule has 0 aliphatic rings. The molecule has 106 valence electrons. The van der Waals surface area contributed by atoms with Gasteiger partial charge >= 0.3 is 0 Å². The Morgan fingerprint density at radius 3 is 2.50 bits per heavy atom. The number of nitrogens with two attached hydrogens (primary N) is 1. The summed E-state index contributed by atoms with van der Waals surface area (Å²) in [4.78, 5) is 8.75. The smallest absolute Gasteiger partial charge is 0.145 e. The van der Waals surface area contributed by atoms with E-state index in [2.05, 4.69) is 36.6 Å². The van der Waals surface area contributed by atoms with Crippen LogP contribution in [0.25, 0.3) is 0 Å². The van der Waals surface area contributed by atoms with Crippen molar-refractivity contribution in [1.29, 1.82) is 0 Å². The van der Waals surface area contributed by atoms with Crippen LogP contribution in [0.5, 0.6) is 0 Å². The molecule has 1 heterocycles. The van der Waals surface area contributed by atoms with Gasteiger partial charge in [0.2, 0.25) is 0 Å². The molecule has 0 saturated carbocycles. The summed E-state index contributed by atoms with van der Waals surface area (Å²) in [5, 5.41) is 3.77. The lowest BCUT2D eigenvalue weighted by molar-refractivity contribution is 0.777. The maximum absolute atomic E-state index is 6.18. The second-order valence-electron chi connectivity index (χ2n) is 4.54. The Morgan fingerprint density at radius 1 is 1.20 bits per heavy atom. The third-order valence-electron chi connectivity index (χ3n) is 2.60. The molecule has 5 nitrogen and oxygen atoms in total. The first-order valence-electron chi connectivity index (χ1n) is 6.07. The van der Waals surface area contributed by atoms with E-state index in [9.17, 15) is 0 Å². The number of anilines is 3. The van der Waals surface area contributed by atoms with E-state index < -0.39 is 0 Å². The van der Waals surface area contributed by atoms with Gasteiger partial charge in [0.05, 0.1) is 10.7 Å². The maximum atomic E-state index is 6.18. The second-order valence-corrected chi connectivity index (χ2v) is 5.87. The topological polar surface area (TPSA) is 75.9 Å². The summed E-state index contributed by atoms with van der Waals surface area (Å²) in [5.41, 5.74) is 3.31. The van der Waals surface area contributed by atoms with Crippen molar-refractivity contribution in [3.8, 4) is 0 Å². The minimum Gasteiger partial charge on any atom is -0.339 e. The molecule has 0 aliphatic carbocycles. The number of nitrogen functional groups attached to an aromatic ring is 1. The summed E-state index contributed by atoms with van der Waals surface area (Å²) in [6.45, 7) is 4.04. The van der Waals surface area contributed by atoms with Gasteiger partial charge in [0.1, 0.15) is 17.5 Å². The second kappa shape index (κ2) is 6.39. The molecular formula is C13H15BrClN5. The standard InChI is InChI=1S/C13H15BrClN5/c1-7(2)13-18-11(6-12(19-13)20-16)17-10-4-3-8(14)5-9(10)15/h3-7H,16H2,1-2H3,(H2,17,18,19,20). The highest BCUT2D eigenvalue weighted by Crippen LogP contribution is 2.28. The number of halogens is 2. The number of rotatable bonds is 4. The van der Waals surface area contributed by atoms with Crippen LogP contribution in [0.2, 0.25) is 5.02 Å². The third kappa shape index (κ3) is 3.59. The third-order valence-corrected chi connectivity index (χ3v) is 3.41. The lowest BCUT2D eigenvalue weighted by Gasteiger charge is -2.12. The molecule has 0 atom stereocenters. The fourth-order valence-electron chi connectivity index (χ4n) is 1.59. The first-order valence-corrected chi connectivity index (χ1v) is 7.24. The van der Waals surface area contributed by atoms with Crippen LogP contribution in [0.15, 0.2) is 28.7 Å². The normalized spacial score (nSPS) is 10.7. The van der Waals surface area contributed by atoms with Crippen molar-refractivity contribution in [3.63, 3.8) is 0 Å². The van der Waals surface area contributed by atoms with Crippen LogP contribution in [-0.4, -0.2) is 9.97 Å². The maximum Gasteiger partial charge on any atom is 0.145 e. The number of benzene rings is 1. The van der Waals surface area contributed by atoms with Gasteiger partial charge in [0.25, 0.3) is 0 Å². The highest BCUT2D eigenvalue weighted by atomic mass is 79.9. The largest absolute Gasteiger partial charge is 0.339 e. The average molecular weight is 357 g/mol. The molecule has 20 heavy (non-hydrogen) atoms. The minimum atomic E-state index is 0.198. The number of nitrogens with zero attached hydrogens (tertiary/aromatic N) is 2. The molecule has 0 amide bonds. The molecule has 0 fully saturated rings. The van der Waals surface area contributed by atoms with E-state index in [1.807, 2.05) is 32.0 Å². The molecule has 0 unspecified atom stereocenters. The van der Waals surface area contributed by atoms with Gasteiger partial charge in [-0.05, 0) is 18.2 Å². The number of hydrogen-bond donors (Lipinski definition) is 3. The number of nitrogens with one attached hydrogen (secondary N) is 2. The molecule has 0 bridgehead atoms. The molecule has 2 rings (SSSR count). The summed E-state index contributed by atoms with van der Waals surface area (Å²) in [6, 6.07) is 7.32. The number of aromatic nitrogens is 2. The van der Waals surface area contributed by atoms with Crippen molar-refractivity contribution in [2.24, 2.45) is 5.84 Å². The van der Waals surface area contributed by atoms with E-state index in [0.29, 0.717) is 22.5 Å². The van der Waals surface area contributed by atoms with E-state index in [0.717, 1.165) is 10.2 Å². The van der Waals surface area contributed by atoms with Gasteiger partial charge in [-0.2, -0.15) is 0 Å². The van der Waals surface area contributed by atoms with E-state index >= 15 is 0 Å². The monoisotopic (exact) mass is 355 g/mol. The first-order chi connectivity index (χ1) is 9.49. The molecule has 4 N–H and O–H groups in total. The Morgan fingerprint density at radius 2 is 1.90 bits per heavy atom. The molecular weight excluding hydrogens is 342 g/mol. The van der Waals surface area contributed by atoms with E-state index in [-0.39, 0.29) is 5.92 Å². The van der Waals surface area contributed by atoms with Crippen LogP contribution >= 0.6 is 27.5 Å². The molecule has 0 aliphatic heterocycles. The van der Waals surface area contributed by atoms with Crippen molar-refractivity contribution in [2.45, 2.75) is 19.8 Å². The highest BCUT2D eigenvalue weighted by Gasteiger charge is 2.09. The summed E-state index contributed by atoms with van der Waals surface area (Å²) >= 11 is 9.55. The van der Waals surface area contributed by atoms with Crippen LogP contribution < -0.4 is 16.6 Å². The first kappa shape index (κ1) is 15.0. The lowest BCUT2D eigenvalue weighted by Crippen LogP contribution is -2.12. The van der Waals surface area contributed by atoms with E-state index in [4.69, 9.17) is 17.4 Å². The Hall–Kier alpha value is -1.37. The van der Waals surface area contributed by atoms with E-state index in [1.54, 1.807) is 6.07 Å². The lowest BCUT2D eigenvalue weighted by atomic mass is 10.2. The molecule has 7 heteroatoms. The molecule has 1 aromatic carbocycles. The van der Waals surface area contributed by atoms with Crippen LogP contribution in [0.1, 0.15) is 25.6 Å². The van der Waals surface area contributed by atoms with Crippen molar-refractivity contribution in [3.05, 3.63) is 39.6 Å². The number of hydrazine groups is 1. The quantitative estimate of drug-likeness (QED) is 0.569. The van der Waals surface area contributed by atoms with Gasteiger partial charge in [-0.1, -0.05) is 41.4 Å². The van der Waals surface area contributed by atoms with Crippen molar-refractivity contribution >= 4 is 44.9 Å². The SMILES string of the molecule is CC(C)c1nc(NN)cc(Nc2ccc(Br)cc2Cl)n1. The zero-order chi connectivity index (χ0) is 14.7.